The SMILES string of the molecule is CCC(C)CN1CCN(C2CCC(C)CC2)CC1. The average molecular weight is 252 g/mol. The van der Waals surface area contributed by atoms with Crippen LogP contribution >= 0.6 is 0 Å². The maximum atomic E-state index is 2.78. The number of hydrogen-bond donors (Lipinski definition) is 0. The normalized spacial score (nSPS) is 33.5. The molecular weight excluding hydrogens is 220 g/mol. The maximum Gasteiger partial charge on any atom is 0.0113 e. The first kappa shape index (κ1) is 14.3. The van der Waals surface area contributed by atoms with Gasteiger partial charge < -0.3 is 4.90 Å². The highest BCUT2D eigenvalue weighted by atomic mass is 15.3. The Morgan fingerprint density at radius 3 is 2.17 bits per heavy atom. The average Bonchev–Trinajstić information content (AvgIpc) is 2.40. The second-order valence-electron chi connectivity index (χ2n) is 6.76. The molecule has 2 nitrogen and oxygen atoms in total. The van der Waals surface area contributed by atoms with E-state index in [0.717, 1.165) is 17.9 Å². The molecule has 0 spiro atoms. The molecule has 0 aromatic heterocycles. The molecule has 106 valence electrons. The molecular formula is C16H32N2. The van der Waals surface area contributed by atoms with Gasteiger partial charge in [-0.05, 0) is 37.5 Å². The van der Waals surface area contributed by atoms with Crippen LogP contribution in [-0.4, -0.2) is 48.6 Å². The number of nitrogens with zero attached hydrogens (tertiary/aromatic N) is 2. The summed E-state index contributed by atoms with van der Waals surface area (Å²) in [4.78, 5) is 5.45. The minimum Gasteiger partial charge on any atom is -0.301 e. The molecule has 0 radical (unpaired) electrons. The van der Waals surface area contributed by atoms with E-state index in [9.17, 15) is 0 Å². The Kier molecular flexibility index (Phi) is 5.50. The van der Waals surface area contributed by atoms with E-state index in [1.54, 1.807) is 0 Å². The predicted molar refractivity (Wildman–Crippen MR) is 78.9 cm³/mol. The van der Waals surface area contributed by atoms with Gasteiger partial charge in [-0.2, -0.15) is 0 Å². The number of piperazine rings is 1. The molecule has 1 heterocycles. The summed E-state index contributed by atoms with van der Waals surface area (Å²) in [7, 11) is 0. The van der Waals surface area contributed by atoms with Gasteiger partial charge in [0, 0.05) is 38.8 Å². The van der Waals surface area contributed by atoms with Crippen LogP contribution in [0.2, 0.25) is 0 Å². The molecule has 2 heteroatoms. The van der Waals surface area contributed by atoms with Gasteiger partial charge >= 0.3 is 0 Å². The highest BCUT2D eigenvalue weighted by molar-refractivity contribution is 4.82. The van der Waals surface area contributed by atoms with Crippen molar-refractivity contribution in [1.29, 1.82) is 0 Å². The number of hydrogen-bond acceptors (Lipinski definition) is 2. The topological polar surface area (TPSA) is 6.48 Å². The summed E-state index contributed by atoms with van der Waals surface area (Å²) >= 11 is 0. The molecule has 1 saturated carbocycles. The lowest BCUT2D eigenvalue weighted by Crippen LogP contribution is -2.51. The first-order valence-electron chi connectivity index (χ1n) is 8.15. The number of rotatable bonds is 4. The van der Waals surface area contributed by atoms with Crippen molar-refractivity contribution < 1.29 is 0 Å². The first-order chi connectivity index (χ1) is 8.69. The van der Waals surface area contributed by atoms with Crippen molar-refractivity contribution in [2.24, 2.45) is 11.8 Å². The zero-order chi connectivity index (χ0) is 13.0. The summed E-state index contributed by atoms with van der Waals surface area (Å²) in [6.07, 6.45) is 7.13. The van der Waals surface area contributed by atoms with Crippen LogP contribution in [-0.2, 0) is 0 Å². The fraction of sp³-hybridized carbons (Fsp3) is 1.00. The Balaban J connectivity index is 1.70. The van der Waals surface area contributed by atoms with Gasteiger partial charge in [0.15, 0.2) is 0 Å². The lowest BCUT2D eigenvalue weighted by molar-refractivity contribution is 0.0658. The summed E-state index contributed by atoms with van der Waals surface area (Å²) in [5.41, 5.74) is 0. The van der Waals surface area contributed by atoms with Crippen molar-refractivity contribution in [2.45, 2.75) is 58.9 Å². The smallest absolute Gasteiger partial charge is 0.0113 e. The fourth-order valence-corrected chi connectivity index (χ4v) is 3.49. The molecule has 0 aromatic rings. The Morgan fingerprint density at radius 1 is 1.00 bits per heavy atom. The second-order valence-corrected chi connectivity index (χ2v) is 6.76. The Hall–Kier alpha value is -0.0800. The minimum absolute atomic E-state index is 0.868. The minimum atomic E-state index is 0.868. The highest BCUT2D eigenvalue weighted by Crippen LogP contribution is 2.27. The molecule has 2 rings (SSSR count). The molecule has 1 aliphatic carbocycles. The standard InChI is InChI=1S/C16H32N2/c1-4-14(2)13-17-9-11-18(12-10-17)16-7-5-15(3)6-8-16/h14-16H,4-13H2,1-3H3. The summed E-state index contributed by atoms with van der Waals surface area (Å²) in [6, 6.07) is 0.909. The molecule has 0 bridgehead atoms. The van der Waals surface area contributed by atoms with Crippen molar-refractivity contribution in [3.8, 4) is 0 Å². The molecule has 0 amide bonds. The van der Waals surface area contributed by atoms with E-state index in [-0.39, 0.29) is 0 Å². The molecule has 18 heavy (non-hydrogen) atoms. The molecule has 0 aromatic carbocycles. The Bertz CT molecular complexity index is 225. The summed E-state index contributed by atoms with van der Waals surface area (Å²) in [5, 5.41) is 0. The molecule has 2 aliphatic rings. The second kappa shape index (κ2) is 6.91. The van der Waals surface area contributed by atoms with E-state index in [2.05, 4.69) is 30.6 Å². The van der Waals surface area contributed by atoms with E-state index in [1.807, 2.05) is 0 Å². The molecule has 1 aliphatic heterocycles. The third kappa shape index (κ3) is 3.96. The van der Waals surface area contributed by atoms with Crippen LogP contribution in [0.15, 0.2) is 0 Å². The van der Waals surface area contributed by atoms with E-state index in [4.69, 9.17) is 0 Å². The van der Waals surface area contributed by atoms with Gasteiger partial charge in [0.05, 0.1) is 0 Å². The zero-order valence-corrected chi connectivity index (χ0v) is 12.7. The molecule has 0 N–H and O–H groups in total. The van der Waals surface area contributed by atoms with Crippen molar-refractivity contribution >= 4 is 0 Å². The zero-order valence-electron chi connectivity index (χ0n) is 12.7. The van der Waals surface area contributed by atoms with Gasteiger partial charge in [-0.15, -0.1) is 0 Å². The van der Waals surface area contributed by atoms with Gasteiger partial charge in [0.1, 0.15) is 0 Å². The van der Waals surface area contributed by atoms with E-state index >= 15 is 0 Å². The van der Waals surface area contributed by atoms with Crippen LogP contribution in [0.4, 0.5) is 0 Å². The van der Waals surface area contributed by atoms with E-state index in [0.29, 0.717) is 0 Å². The van der Waals surface area contributed by atoms with Gasteiger partial charge in [0.2, 0.25) is 0 Å². The van der Waals surface area contributed by atoms with Gasteiger partial charge in [0.25, 0.3) is 0 Å². The first-order valence-corrected chi connectivity index (χ1v) is 8.15. The van der Waals surface area contributed by atoms with Crippen molar-refractivity contribution in [3.05, 3.63) is 0 Å². The van der Waals surface area contributed by atoms with Crippen molar-refractivity contribution in [1.82, 2.24) is 9.80 Å². The lowest BCUT2D eigenvalue weighted by atomic mass is 9.86. The monoisotopic (exact) mass is 252 g/mol. The van der Waals surface area contributed by atoms with Crippen molar-refractivity contribution in [2.75, 3.05) is 32.7 Å². The van der Waals surface area contributed by atoms with E-state index in [1.165, 1.54) is 64.8 Å². The summed E-state index contributed by atoms with van der Waals surface area (Å²) < 4.78 is 0. The lowest BCUT2D eigenvalue weighted by Gasteiger charge is -2.42. The van der Waals surface area contributed by atoms with E-state index < -0.39 is 0 Å². The summed E-state index contributed by atoms with van der Waals surface area (Å²) in [6.45, 7) is 13.7. The van der Waals surface area contributed by atoms with Gasteiger partial charge in [-0.1, -0.05) is 27.2 Å². The Morgan fingerprint density at radius 2 is 1.61 bits per heavy atom. The van der Waals surface area contributed by atoms with Crippen LogP contribution in [0.3, 0.4) is 0 Å². The van der Waals surface area contributed by atoms with Crippen molar-refractivity contribution in [3.63, 3.8) is 0 Å². The maximum absolute atomic E-state index is 2.78. The molecule has 1 atom stereocenters. The molecule has 2 fully saturated rings. The third-order valence-corrected chi connectivity index (χ3v) is 5.18. The molecule has 1 saturated heterocycles. The largest absolute Gasteiger partial charge is 0.301 e. The highest BCUT2D eigenvalue weighted by Gasteiger charge is 2.27. The van der Waals surface area contributed by atoms with Crippen LogP contribution in [0.25, 0.3) is 0 Å². The van der Waals surface area contributed by atoms with Gasteiger partial charge in [-0.25, -0.2) is 0 Å². The van der Waals surface area contributed by atoms with Crippen LogP contribution < -0.4 is 0 Å². The Labute approximate surface area is 114 Å². The van der Waals surface area contributed by atoms with Crippen LogP contribution in [0.1, 0.15) is 52.9 Å². The van der Waals surface area contributed by atoms with Crippen LogP contribution in [0.5, 0.6) is 0 Å². The van der Waals surface area contributed by atoms with Gasteiger partial charge in [-0.3, -0.25) is 4.90 Å². The predicted octanol–water partition coefficient (Wildman–Crippen LogP) is 3.23. The summed E-state index contributed by atoms with van der Waals surface area (Å²) in [5.74, 6) is 1.85. The fourth-order valence-electron chi connectivity index (χ4n) is 3.49. The third-order valence-electron chi connectivity index (χ3n) is 5.18. The van der Waals surface area contributed by atoms with Crippen LogP contribution in [0, 0.1) is 11.8 Å². The molecule has 1 unspecified atom stereocenters. The quantitative estimate of drug-likeness (QED) is 0.758.